The molecule has 6 N–H and O–H groups in total. The van der Waals surface area contributed by atoms with Crippen LogP contribution in [0.25, 0.3) is 0 Å². The summed E-state index contributed by atoms with van der Waals surface area (Å²) in [5, 5.41) is 32.4. The van der Waals surface area contributed by atoms with Gasteiger partial charge < -0.3 is 35.8 Å². The number of carbonyl (C=O) groups excluding carboxylic acids is 3. The summed E-state index contributed by atoms with van der Waals surface area (Å²) in [6, 6.07) is 0. The largest absolute Gasteiger partial charge is 0.480 e. The standard InChI is InChI=1S/C16H30N4O6.C12H18N4O3/c1-2-17-3-5-18(11-14(21)22)7-9-20(13-16(25)26)10-8-19(6-4-17)12-15(23)24;1-9(17)6-15-12(19)3-2-11(18)14-5-4-10-7-13-8-16-10/h2-13H2,1H3,(H,21,22)(H,23,24)(H,25,26);7-8H,2-6H2,1H3,(H,13,16)(H,14,18)(H,15,19). The van der Waals surface area contributed by atoms with Crippen molar-refractivity contribution in [3.05, 3.63) is 18.2 Å². The number of hydrogen-bond acceptors (Lipinski definition) is 11. The first-order chi connectivity index (χ1) is 21.4. The normalized spacial score (nSPS) is 15.9. The molecule has 0 atom stereocenters. The summed E-state index contributed by atoms with van der Waals surface area (Å²) in [5.41, 5.74) is 0.944. The Balaban J connectivity index is 0.000000472. The summed E-state index contributed by atoms with van der Waals surface area (Å²) >= 11 is 0. The summed E-state index contributed by atoms with van der Waals surface area (Å²) in [4.78, 5) is 80.9. The molecule has 254 valence electrons. The van der Waals surface area contributed by atoms with Crippen LogP contribution in [0, 0.1) is 0 Å². The second-order valence-electron chi connectivity index (χ2n) is 10.6. The van der Waals surface area contributed by atoms with E-state index in [1.165, 1.54) is 6.92 Å². The number of carbonyl (C=O) groups is 6. The van der Waals surface area contributed by atoms with E-state index in [9.17, 15) is 28.8 Å². The van der Waals surface area contributed by atoms with Crippen molar-refractivity contribution in [2.75, 3.05) is 91.6 Å². The van der Waals surface area contributed by atoms with Crippen LogP contribution >= 0.6 is 0 Å². The molecule has 0 bridgehead atoms. The Bertz CT molecular complexity index is 1040. The van der Waals surface area contributed by atoms with Crippen LogP contribution in [-0.2, 0) is 35.2 Å². The van der Waals surface area contributed by atoms with Gasteiger partial charge in [0.15, 0.2) is 0 Å². The molecule has 1 fully saturated rings. The predicted molar refractivity (Wildman–Crippen MR) is 163 cm³/mol. The van der Waals surface area contributed by atoms with Gasteiger partial charge in [-0.2, -0.15) is 0 Å². The number of nitrogens with one attached hydrogen (secondary N) is 3. The number of Topliss-reactive ketones (excluding diaryl/α,β-unsaturated/α-hetero) is 1. The van der Waals surface area contributed by atoms with Crippen LogP contribution in [0.1, 0.15) is 32.4 Å². The number of ketones is 1. The van der Waals surface area contributed by atoms with Gasteiger partial charge in [0.1, 0.15) is 5.78 Å². The molecule has 0 aliphatic carbocycles. The predicted octanol–water partition coefficient (Wildman–Crippen LogP) is -1.96. The third-order valence-corrected chi connectivity index (χ3v) is 6.84. The molecular formula is C28H48N8O9. The van der Waals surface area contributed by atoms with Crippen molar-refractivity contribution in [2.24, 2.45) is 0 Å². The van der Waals surface area contributed by atoms with Crippen LogP contribution in [0.15, 0.2) is 12.5 Å². The van der Waals surface area contributed by atoms with Crippen molar-refractivity contribution in [3.63, 3.8) is 0 Å². The van der Waals surface area contributed by atoms with E-state index in [-0.39, 0.29) is 56.6 Å². The van der Waals surface area contributed by atoms with Crippen molar-refractivity contribution in [1.29, 1.82) is 0 Å². The Kier molecular flexibility index (Phi) is 19.6. The van der Waals surface area contributed by atoms with Gasteiger partial charge in [0, 0.05) is 90.1 Å². The first-order valence-electron chi connectivity index (χ1n) is 14.9. The highest BCUT2D eigenvalue weighted by Crippen LogP contribution is 2.01. The zero-order valence-electron chi connectivity index (χ0n) is 26.2. The number of carboxylic acids is 3. The number of rotatable bonds is 15. The summed E-state index contributed by atoms with van der Waals surface area (Å²) in [6.45, 7) is 8.67. The van der Waals surface area contributed by atoms with E-state index in [4.69, 9.17) is 15.3 Å². The fraction of sp³-hybridized carbons (Fsp3) is 0.679. The van der Waals surface area contributed by atoms with Gasteiger partial charge in [-0.1, -0.05) is 6.92 Å². The Hall–Kier alpha value is -3.93. The lowest BCUT2D eigenvalue weighted by atomic mass is 10.2. The van der Waals surface area contributed by atoms with E-state index in [1.807, 2.05) is 16.7 Å². The van der Waals surface area contributed by atoms with E-state index in [0.29, 0.717) is 65.3 Å². The van der Waals surface area contributed by atoms with Crippen molar-refractivity contribution in [1.82, 2.24) is 40.2 Å². The van der Waals surface area contributed by atoms with Gasteiger partial charge in [0.05, 0.1) is 32.5 Å². The minimum Gasteiger partial charge on any atom is -0.480 e. The van der Waals surface area contributed by atoms with Gasteiger partial charge in [-0.25, -0.2) is 4.98 Å². The van der Waals surface area contributed by atoms with Gasteiger partial charge in [-0.05, 0) is 13.5 Å². The lowest BCUT2D eigenvalue weighted by molar-refractivity contribution is -0.140. The number of H-pyrrole nitrogens is 1. The van der Waals surface area contributed by atoms with Crippen LogP contribution in [0.3, 0.4) is 0 Å². The van der Waals surface area contributed by atoms with Crippen LogP contribution in [0.2, 0.25) is 0 Å². The van der Waals surface area contributed by atoms with E-state index in [0.717, 1.165) is 12.2 Å². The van der Waals surface area contributed by atoms with Crippen molar-refractivity contribution >= 4 is 35.5 Å². The zero-order chi connectivity index (χ0) is 33.6. The molecular weight excluding hydrogens is 592 g/mol. The average Bonchev–Trinajstić information content (AvgIpc) is 3.48. The average molecular weight is 641 g/mol. The van der Waals surface area contributed by atoms with Gasteiger partial charge in [-0.3, -0.25) is 43.5 Å². The molecule has 0 saturated carbocycles. The van der Waals surface area contributed by atoms with E-state index >= 15 is 0 Å². The topological polar surface area (TPSA) is 229 Å². The van der Waals surface area contributed by atoms with Crippen molar-refractivity contribution < 1.29 is 44.1 Å². The number of aromatic amines is 1. The lowest BCUT2D eigenvalue weighted by Crippen LogP contribution is -2.48. The van der Waals surface area contributed by atoms with Crippen LogP contribution in [0.4, 0.5) is 0 Å². The molecule has 2 rings (SSSR count). The molecule has 2 heterocycles. The summed E-state index contributed by atoms with van der Waals surface area (Å²) in [6.07, 6.45) is 4.15. The van der Waals surface area contributed by atoms with E-state index in [2.05, 4.69) is 25.5 Å². The monoisotopic (exact) mass is 640 g/mol. The Morgan fingerprint density at radius 3 is 1.51 bits per heavy atom. The molecule has 0 aromatic carbocycles. The maximum absolute atomic E-state index is 11.4. The molecule has 45 heavy (non-hydrogen) atoms. The first kappa shape index (κ1) is 39.1. The SMILES string of the molecule is CC(=O)CNC(=O)CCC(=O)NCCc1cnc[nH]1.CCN1CCN(CC(=O)O)CCN(CC(=O)O)CCN(CC(=O)O)CC1. The maximum Gasteiger partial charge on any atom is 0.317 e. The van der Waals surface area contributed by atoms with Gasteiger partial charge >= 0.3 is 17.9 Å². The van der Waals surface area contributed by atoms with Crippen molar-refractivity contribution in [3.8, 4) is 0 Å². The van der Waals surface area contributed by atoms with Gasteiger partial charge in [-0.15, -0.1) is 0 Å². The second-order valence-corrected chi connectivity index (χ2v) is 10.6. The molecule has 2 amide bonds. The Labute approximate surface area is 262 Å². The number of aliphatic carboxylic acids is 3. The number of imidazole rings is 1. The molecule has 1 aromatic rings. The number of aromatic nitrogens is 2. The maximum atomic E-state index is 11.4. The summed E-state index contributed by atoms with van der Waals surface area (Å²) in [7, 11) is 0. The highest BCUT2D eigenvalue weighted by Gasteiger charge is 2.19. The van der Waals surface area contributed by atoms with Gasteiger partial charge in [0.25, 0.3) is 0 Å². The molecule has 1 aliphatic rings. The highest BCUT2D eigenvalue weighted by molar-refractivity contribution is 5.87. The smallest absolute Gasteiger partial charge is 0.317 e. The fourth-order valence-corrected chi connectivity index (χ4v) is 4.33. The number of hydrogen-bond donors (Lipinski definition) is 6. The molecule has 1 saturated heterocycles. The number of likely N-dealkylation sites (N-methyl/N-ethyl adjacent to an activating group) is 1. The first-order valence-corrected chi connectivity index (χ1v) is 14.9. The number of amides is 2. The summed E-state index contributed by atoms with van der Waals surface area (Å²) in [5.74, 6) is -3.35. The third-order valence-electron chi connectivity index (χ3n) is 6.84. The minimum absolute atomic E-state index is 0.0142. The number of nitrogens with zero attached hydrogens (tertiary/aromatic N) is 5. The fourth-order valence-electron chi connectivity index (χ4n) is 4.33. The van der Waals surface area contributed by atoms with Crippen LogP contribution in [-0.4, -0.2) is 172 Å². The molecule has 17 heteroatoms. The van der Waals surface area contributed by atoms with Crippen LogP contribution in [0.5, 0.6) is 0 Å². The molecule has 0 spiro atoms. The minimum atomic E-state index is -0.955. The molecule has 0 unspecified atom stereocenters. The molecule has 1 aliphatic heterocycles. The van der Waals surface area contributed by atoms with Gasteiger partial charge in [0.2, 0.25) is 11.8 Å². The van der Waals surface area contributed by atoms with Crippen LogP contribution < -0.4 is 10.6 Å². The Morgan fingerprint density at radius 2 is 1.16 bits per heavy atom. The highest BCUT2D eigenvalue weighted by atomic mass is 16.4. The van der Waals surface area contributed by atoms with E-state index in [1.54, 1.807) is 17.4 Å². The quantitative estimate of drug-likeness (QED) is 0.122. The Morgan fingerprint density at radius 1 is 0.733 bits per heavy atom. The lowest BCUT2D eigenvalue weighted by Gasteiger charge is -2.32. The zero-order valence-corrected chi connectivity index (χ0v) is 26.2. The molecule has 17 nitrogen and oxygen atoms in total. The third kappa shape index (κ3) is 20.6. The second kappa shape index (κ2) is 22.6. The van der Waals surface area contributed by atoms with E-state index < -0.39 is 17.9 Å². The number of carboxylic acid groups (broad SMARTS) is 3. The van der Waals surface area contributed by atoms with Crippen molar-refractivity contribution in [2.45, 2.75) is 33.1 Å². The molecule has 1 aromatic heterocycles. The molecule has 0 radical (unpaired) electrons. The summed E-state index contributed by atoms with van der Waals surface area (Å²) < 4.78 is 0.